The second-order valence-electron chi connectivity index (χ2n) is 2.22. The van der Waals surface area contributed by atoms with Gasteiger partial charge >= 0.3 is 0 Å². The highest BCUT2D eigenvalue weighted by Crippen LogP contribution is 2.24. The molecule has 1 N–H and O–H groups in total. The largest absolute Gasteiger partial charge is 0.507 e. The smallest absolute Gasteiger partial charge is 0.126 e. The van der Waals surface area contributed by atoms with E-state index in [1.807, 2.05) is 0 Å². The summed E-state index contributed by atoms with van der Waals surface area (Å²) in [5.74, 6) is 0.865. The van der Waals surface area contributed by atoms with Crippen LogP contribution in [0.5, 0.6) is 11.5 Å². The maximum atomic E-state index is 9.40. The van der Waals surface area contributed by atoms with Crippen molar-refractivity contribution in [3.63, 3.8) is 0 Å². The Morgan fingerprint density at radius 2 is 2.25 bits per heavy atom. The fourth-order valence-corrected chi connectivity index (χ4v) is 1.14. The highest BCUT2D eigenvalue weighted by atomic mass is 79.9. The fourth-order valence-electron chi connectivity index (χ4n) is 0.859. The molecule has 0 heterocycles. The lowest BCUT2D eigenvalue weighted by molar-refractivity contribution is 0.407. The predicted octanol–water partition coefficient (Wildman–Crippen LogP) is 2.77. The van der Waals surface area contributed by atoms with Crippen LogP contribution in [0.1, 0.15) is 5.56 Å². The van der Waals surface area contributed by atoms with Crippen molar-refractivity contribution in [3.05, 3.63) is 28.7 Å². The lowest BCUT2D eigenvalue weighted by Gasteiger charge is -2.02. The highest BCUT2D eigenvalue weighted by molar-refractivity contribution is 9.11. The average molecular weight is 229 g/mol. The van der Waals surface area contributed by atoms with E-state index in [9.17, 15) is 5.11 Å². The van der Waals surface area contributed by atoms with Crippen LogP contribution in [0.15, 0.2) is 23.2 Å². The van der Waals surface area contributed by atoms with Crippen LogP contribution in [0.25, 0.3) is 6.08 Å². The van der Waals surface area contributed by atoms with Gasteiger partial charge in [-0.2, -0.15) is 0 Å². The van der Waals surface area contributed by atoms with Crippen molar-refractivity contribution in [1.82, 2.24) is 0 Å². The van der Waals surface area contributed by atoms with Gasteiger partial charge < -0.3 is 9.84 Å². The number of rotatable bonds is 2. The van der Waals surface area contributed by atoms with E-state index in [0.29, 0.717) is 5.75 Å². The summed E-state index contributed by atoms with van der Waals surface area (Å²) in [5, 5.41) is 9.40. The Morgan fingerprint density at radius 1 is 1.50 bits per heavy atom. The number of ether oxygens (including phenoxy) is 1. The van der Waals surface area contributed by atoms with Crippen LogP contribution in [0.4, 0.5) is 0 Å². The molecule has 1 rings (SSSR count). The van der Waals surface area contributed by atoms with Crippen molar-refractivity contribution in [2.24, 2.45) is 0 Å². The summed E-state index contributed by atoms with van der Waals surface area (Å²) < 4.78 is 4.93. The second kappa shape index (κ2) is 4.16. The van der Waals surface area contributed by atoms with E-state index in [4.69, 9.17) is 4.74 Å². The van der Waals surface area contributed by atoms with Gasteiger partial charge in [0.2, 0.25) is 0 Å². The number of hydrogen-bond donors (Lipinski definition) is 1. The third kappa shape index (κ3) is 2.01. The minimum Gasteiger partial charge on any atom is -0.507 e. The Morgan fingerprint density at radius 3 is 2.75 bits per heavy atom. The molecule has 0 saturated heterocycles. The highest BCUT2D eigenvalue weighted by Gasteiger charge is 1.98. The molecule has 3 heteroatoms. The Hall–Kier alpha value is -0.960. The maximum Gasteiger partial charge on any atom is 0.126 e. The number of aromatic hydroxyl groups is 1. The molecule has 2 nitrogen and oxygen atoms in total. The van der Waals surface area contributed by atoms with Crippen LogP contribution >= 0.6 is 15.9 Å². The summed E-state index contributed by atoms with van der Waals surface area (Å²) in [4.78, 5) is 1.69. The van der Waals surface area contributed by atoms with Crippen LogP contribution in [0, 0.1) is 0 Å². The van der Waals surface area contributed by atoms with Gasteiger partial charge in [-0.05, 0) is 23.2 Å². The molecule has 0 spiro atoms. The van der Waals surface area contributed by atoms with E-state index in [0.717, 1.165) is 5.56 Å². The summed E-state index contributed by atoms with van der Waals surface area (Å²) in [6, 6.07) is 5.15. The van der Waals surface area contributed by atoms with Crippen LogP contribution in [-0.2, 0) is 0 Å². The first-order chi connectivity index (χ1) is 5.77. The van der Waals surface area contributed by atoms with E-state index < -0.39 is 0 Å². The average Bonchev–Trinajstić information content (AvgIpc) is 2.09. The van der Waals surface area contributed by atoms with E-state index in [1.165, 1.54) is 0 Å². The summed E-state index contributed by atoms with van der Waals surface area (Å²) in [6.07, 6.45) is 1.76. The number of hydrogen-bond acceptors (Lipinski definition) is 2. The zero-order valence-corrected chi connectivity index (χ0v) is 8.21. The summed E-state index contributed by atoms with van der Waals surface area (Å²) in [6.45, 7) is 0. The van der Waals surface area contributed by atoms with Crippen LogP contribution in [0.2, 0.25) is 0 Å². The summed E-state index contributed by atoms with van der Waals surface area (Å²) in [7, 11) is 1.56. The minimum absolute atomic E-state index is 0.213. The van der Waals surface area contributed by atoms with Gasteiger partial charge in [-0.25, -0.2) is 0 Å². The van der Waals surface area contributed by atoms with Crippen LogP contribution in [-0.4, -0.2) is 12.2 Å². The van der Waals surface area contributed by atoms with Gasteiger partial charge in [0.05, 0.1) is 7.11 Å². The number of phenols is 1. The Kier molecular flexibility index (Phi) is 3.17. The van der Waals surface area contributed by atoms with Crippen molar-refractivity contribution in [2.75, 3.05) is 7.11 Å². The molecule has 0 aromatic heterocycles. The first-order valence-electron chi connectivity index (χ1n) is 3.41. The molecule has 0 bridgehead atoms. The number of halogens is 1. The fraction of sp³-hybridized carbons (Fsp3) is 0.111. The quantitative estimate of drug-likeness (QED) is 0.844. The molecule has 0 amide bonds. The van der Waals surface area contributed by atoms with Gasteiger partial charge in [-0.3, -0.25) is 0 Å². The van der Waals surface area contributed by atoms with Crippen LogP contribution < -0.4 is 4.74 Å². The molecular formula is C9H9BrO2. The molecule has 0 saturated carbocycles. The van der Waals surface area contributed by atoms with Crippen molar-refractivity contribution < 1.29 is 9.84 Å². The number of benzene rings is 1. The zero-order valence-electron chi connectivity index (χ0n) is 6.62. The van der Waals surface area contributed by atoms with Gasteiger partial charge in [-0.1, -0.05) is 15.9 Å². The van der Waals surface area contributed by atoms with Crippen molar-refractivity contribution in [3.8, 4) is 11.5 Å². The third-order valence-electron chi connectivity index (χ3n) is 1.48. The van der Waals surface area contributed by atoms with Gasteiger partial charge in [0.15, 0.2) is 0 Å². The molecule has 0 aliphatic carbocycles. The van der Waals surface area contributed by atoms with E-state index in [-0.39, 0.29) is 5.75 Å². The molecule has 64 valence electrons. The Labute approximate surface area is 79.6 Å². The minimum atomic E-state index is 0.213. The Balaban J connectivity index is 3.03. The molecule has 0 radical (unpaired) electrons. The second-order valence-corrected chi connectivity index (χ2v) is 2.75. The normalized spacial score (nSPS) is 10.5. The van der Waals surface area contributed by atoms with Crippen molar-refractivity contribution in [1.29, 1.82) is 0 Å². The lowest BCUT2D eigenvalue weighted by atomic mass is 10.2. The van der Waals surface area contributed by atoms with Crippen molar-refractivity contribution >= 4 is 22.0 Å². The summed E-state index contributed by atoms with van der Waals surface area (Å²) in [5.41, 5.74) is 0.757. The van der Waals surface area contributed by atoms with Gasteiger partial charge in [0, 0.05) is 11.6 Å². The molecule has 0 atom stereocenters. The first kappa shape index (κ1) is 9.13. The zero-order chi connectivity index (χ0) is 8.97. The first-order valence-corrected chi connectivity index (χ1v) is 4.33. The monoisotopic (exact) mass is 228 g/mol. The van der Waals surface area contributed by atoms with Crippen molar-refractivity contribution in [2.45, 2.75) is 0 Å². The molecule has 0 aliphatic rings. The number of phenolic OH excluding ortho intramolecular Hbond substituents is 1. The molecule has 1 aromatic rings. The molecule has 12 heavy (non-hydrogen) atoms. The maximum absolute atomic E-state index is 9.40. The molecular weight excluding hydrogens is 220 g/mol. The lowest BCUT2D eigenvalue weighted by Crippen LogP contribution is -1.82. The topological polar surface area (TPSA) is 29.5 Å². The van der Waals surface area contributed by atoms with E-state index >= 15 is 0 Å². The summed E-state index contributed by atoms with van der Waals surface area (Å²) >= 11 is 3.13. The van der Waals surface area contributed by atoms with Gasteiger partial charge in [-0.15, -0.1) is 0 Å². The third-order valence-corrected chi connectivity index (χ3v) is 1.74. The predicted molar refractivity (Wildman–Crippen MR) is 52.6 cm³/mol. The molecule has 0 unspecified atom stereocenters. The molecule has 1 aromatic carbocycles. The van der Waals surface area contributed by atoms with E-state index in [1.54, 1.807) is 36.4 Å². The molecule has 0 fully saturated rings. The number of methoxy groups -OCH3 is 1. The van der Waals surface area contributed by atoms with Crippen LogP contribution in [0.3, 0.4) is 0 Å². The molecule has 0 aliphatic heterocycles. The van der Waals surface area contributed by atoms with Gasteiger partial charge in [0.1, 0.15) is 11.5 Å². The van der Waals surface area contributed by atoms with Gasteiger partial charge in [0.25, 0.3) is 0 Å². The Bertz CT molecular complexity index is 295. The van der Waals surface area contributed by atoms with E-state index in [2.05, 4.69) is 15.9 Å². The SMILES string of the molecule is COc1ccc(/C=C/Br)c(O)c1. The standard InChI is InChI=1S/C9H9BrO2/c1-12-8-3-2-7(4-5-10)9(11)6-8/h2-6,11H,1H3/b5-4+.